The monoisotopic (exact) mass is 278 g/mol. The van der Waals surface area contributed by atoms with E-state index in [1.807, 2.05) is 27.7 Å². The van der Waals surface area contributed by atoms with E-state index in [4.69, 9.17) is 9.31 Å². The lowest BCUT2D eigenvalue weighted by atomic mass is 9.78. The van der Waals surface area contributed by atoms with E-state index < -0.39 is 18.3 Å². The van der Waals surface area contributed by atoms with Gasteiger partial charge in [0.05, 0.1) is 29.7 Å². The molecule has 7 heteroatoms. The summed E-state index contributed by atoms with van der Waals surface area (Å²) in [7, 11) is -0.626. The average Bonchev–Trinajstić information content (AvgIpc) is 2.57. The first-order valence-electron chi connectivity index (χ1n) is 6.47. The molecule has 0 atom stereocenters. The summed E-state index contributed by atoms with van der Waals surface area (Å²) in [5.74, 6) is 0. The van der Waals surface area contributed by atoms with Crippen LogP contribution in [0.1, 0.15) is 33.4 Å². The zero-order valence-corrected chi connectivity index (χ0v) is 12.1. The second kappa shape index (κ2) is 5.16. The molecule has 2 heterocycles. The van der Waals surface area contributed by atoms with Crippen molar-refractivity contribution in [2.24, 2.45) is 0 Å². The largest absolute Gasteiger partial charge is 0.492 e. The highest BCUT2D eigenvalue weighted by Gasteiger charge is 2.52. The smallest absolute Gasteiger partial charge is 0.400 e. The Morgan fingerprint density at radius 3 is 2.45 bits per heavy atom. The Kier molecular flexibility index (Phi) is 3.86. The number of aliphatic hydroxyl groups excluding tert-OH is 1. The van der Waals surface area contributed by atoms with Crippen LogP contribution in [0.3, 0.4) is 0 Å². The molecule has 0 unspecified atom stereocenters. The van der Waals surface area contributed by atoms with Gasteiger partial charge in [0, 0.05) is 6.20 Å². The third-order valence-corrected chi connectivity index (χ3v) is 3.77. The summed E-state index contributed by atoms with van der Waals surface area (Å²) in [5.41, 5.74) is -0.121. The van der Waals surface area contributed by atoms with E-state index >= 15 is 0 Å². The molecule has 6 nitrogen and oxygen atoms in total. The van der Waals surface area contributed by atoms with E-state index in [2.05, 4.69) is 9.97 Å². The Morgan fingerprint density at radius 1 is 1.40 bits per heavy atom. The fourth-order valence-corrected chi connectivity index (χ4v) is 1.80. The number of aliphatic hydroxyl groups is 1. The van der Waals surface area contributed by atoms with Gasteiger partial charge in [-0.1, -0.05) is 0 Å². The average molecular weight is 278 g/mol. The molecule has 0 bridgehead atoms. The highest BCUT2D eigenvalue weighted by Crippen LogP contribution is 2.38. The number of aromatic nitrogens is 2. The van der Waals surface area contributed by atoms with Crippen molar-refractivity contribution in [1.82, 2.24) is 9.97 Å². The topological polar surface area (TPSA) is 84.4 Å². The van der Waals surface area contributed by atoms with Gasteiger partial charge in [-0.3, -0.25) is 4.79 Å². The lowest BCUT2D eigenvalue weighted by molar-refractivity contribution is 0.00578. The number of hydrogen-bond acceptors (Lipinski definition) is 5. The molecule has 2 rings (SSSR count). The molecule has 0 aliphatic carbocycles. The van der Waals surface area contributed by atoms with Gasteiger partial charge in [-0.2, -0.15) is 0 Å². The predicted octanol–water partition coefficient (Wildman–Crippen LogP) is 0.777. The van der Waals surface area contributed by atoms with Crippen LogP contribution in [-0.2, 0) is 9.31 Å². The molecule has 1 aliphatic heterocycles. The van der Waals surface area contributed by atoms with Crippen molar-refractivity contribution >= 4 is 13.2 Å². The first-order chi connectivity index (χ1) is 9.25. The van der Waals surface area contributed by atoms with Gasteiger partial charge >= 0.3 is 7.12 Å². The van der Waals surface area contributed by atoms with Gasteiger partial charge in [-0.05, 0) is 39.2 Å². The number of aromatic amines is 1. The maximum absolute atomic E-state index is 11.0. The SMILES string of the molecule is CC1(C)OB(C(=Cc2c[nH]c(=O)cn2)CO)OC1(C)C. The Bertz CT molecular complexity index is 543. The molecule has 1 aliphatic rings. The van der Waals surface area contributed by atoms with Gasteiger partial charge < -0.3 is 19.4 Å². The number of H-pyrrole nitrogens is 1. The quantitative estimate of drug-likeness (QED) is 0.798. The van der Waals surface area contributed by atoms with Crippen molar-refractivity contribution in [3.63, 3.8) is 0 Å². The molecule has 0 saturated carbocycles. The molecule has 0 spiro atoms. The van der Waals surface area contributed by atoms with Gasteiger partial charge in [0.15, 0.2) is 0 Å². The van der Waals surface area contributed by atoms with E-state index in [0.29, 0.717) is 11.2 Å². The Labute approximate surface area is 118 Å². The second-order valence-corrected chi connectivity index (χ2v) is 5.80. The van der Waals surface area contributed by atoms with Crippen LogP contribution in [0, 0.1) is 0 Å². The minimum absolute atomic E-state index is 0.211. The molecule has 108 valence electrons. The zero-order chi connectivity index (χ0) is 15.0. The molecule has 1 fully saturated rings. The van der Waals surface area contributed by atoms with E-state index in [1.165, 1.54) is 12.4 Å². The third kappa shape index (κ3) is 2.84. The van der Waals surface area contributed by atoms with Crippen molar-refractivity contribution in [1.29, 1.82) is 0 Å². The maximum Gasteiger partial charge on any atom is 0.492 e. The standard InChI is InChI=1S/C13H19BN2O4/c1-12(2)13(3,4)20-14(19-12)9(8-17)5-10-6-16-11(18)7-15-10/h5-7,17H,8H2,1-4H3,(H,16,18). The fourth-order valence-electron chi connectivity index (χ4n) is 1.80. The van der Waals surface area contributed by atoms with Crippen LogP contribution in [-0.4, -0.2) is 40.0 Å². The van der Waals surface area contributed by atoms with Gasteiger partial charge in [0.2, 0.25) is 0 Å². The lowest BCUT2D eigenvalue weighted by Gasteiger charge is -2.32. The number of nitrogens with zero attached hydrogens (tertiary/aromatic N) is 1. The third-order valence-electron chi connectivity index (χ3n) is 3.77. The molecule has 0 amide bonds. The van der Waals surface area contributed by atoms with E-state index in [9.17, 15) is 9.90 Å². The molecule has 0 radical (unpaired) electrons. The highest BCUT2D eigenvalue weighted by molar-refractivity contribution is 6.55. The number of nitrogens with one attached hydrogen (secondary N) is 1. The van der Waals surface area contributed by atoms with Crippen LogP contribution in [0.15, 0.2) is 22.7 Å². The zero-order valence-electron chi connectivity index (χ0n) is 12.1. The molecule has 2 N–H and O–H groups in total. The minimum Gasteiger partial charge on any atom is -0.400 e. The van der Waals surface area contributed by atoms with Crippen LogP contribution in [0.25, 0.3) is 6.08 Å². The van der Waals surface area contributed by atoms with Crippen molar-refractivity contribution in [3.05, 3.63) is 33.9 Å². The maximum atomic E-state index is 11.0. The number of hydrogen-bond donors (Lipinski definition) is 2. The summed E-state index contributed by atoms with van der Waals surface area (Å²) in [4.78, 5) is 17.5. The minimum atomic E-state index is -0.626. The van der Waals surface area contributed by atoms with Crippen LogP contribution in [0.4, 0.5) is 0 Å². The van der Waals surface area contributed by atoms with Crippen molar-refractivity contribution in [3.8, 4) is 0 Å². The summed E-state index contributed by atoms with van der Waals surface area (Å²) in [5, 5.41) is 9.51. The van der Waals surface area contributed by atoms with Crippen LogP contribution < -0.4 is 5.56 Å². The van der Waals surface area contributed by atoms with E-state index in [1.54, 1.807) is 6.08 Å². The summed E-state index contributed by atoms with van der Waals surface area (Å²) >= 11 is 0. The molecule has 0 aromatic carbocycles. The Morgan fingerprint density at radius 2 is 2.00 bits per heavy atom. The number of rotatable bonds is 3. The van der Waals surface area contributed by atoms with Crippen LogP contribution in [0.2, 0.25) is 0 Å². The van der Waals surface area contributed by atoms with Gasteiger partial charge in [-0.15, -0.1) is 0 Å². The first-order valence-corrected chi connectivity index (χ1v) is 6.47. The molecule has 1 saturated heterocycles. The normalized spacial score (nSPS) is 21.2. The molecule has 20 heavy (non-hydrogen) atoms. The summed E-state index contributed by atoms with van der Waals surface area (Å²) < 4.78 is 11.7. The van der Waals surface area contributed by atoms with Crippen LogP contribution in [0.5, 0.6) is 0 Å². The van der Waals surface area contributed by atoms with Crippen molar-refractivity contribution in [2.45, 2.75) is 38.9 Å². The molecule has 1 aromatic heterocycles. The van der Waals surface area contributed by atoms with E-state index in [-0.39, 0.29) is 12.2 Å². The Balaban J connectivity index is 2.26. The summed E-state index contributed by atoms with van der Waals surface area (Å²) in [6.45, 7) is 7.57. The van der Waals surface area contributed by atoms with E-state index in [0.717, 1.165) is 0 Å². The molecule has 1 aromatic rings. The lowest BCUT2D eigenvalue weighted by Crippen LogP contribution is -2.41. The summed E-state index contributed by atoms with van der Waals surface area (Å²) in [6.07, 6.45) is 4.31. The summed E-state index contributed by atoms with van der Waals surface area (Å²) in [6, 6.07) is 0. The first kappa shape index (κ1) is 15.0. The fraction of sp³-hybridized carbons (Fsp3) is 0.538. The predicted molar refractivity (Wildman–Crippen MR) is 76.0 cm³/mol. The van der Waals surface area contributed by atoms with Gasteiger partial charge in [0.25, 0.3) is 5.56 Å². The second-order valence-electron chi connectivity index (χ2n) is 5.80. The van der Waals surface area contributed by atoms with Crippen LogP contribution >= 0.6 is 0 Å². The van der Waals surface area contributed by atoms with Crippen molar-refractivity contribution < 1.29 is 14.4 Å². The molecular weight excluding hydrogens is 259 g/mol. The highest BCUT2D eigenvalue weighted by atomic mass is 16.7. The van der Waals surface area contributed by atoms with Gasteiger partial charge in [-0.25, -0.2) is 4.98 Å². The van der Waals surface area contributed by atoms with Gasteiger partial charge in [0.1, 0.15) is 0 Å². The Hall–Kier alpha value is -1.44. The molecular formula is C13H19BN2O4. The van der Waals surface area contributed by atoms with Crippen molar-refractivity contribution in [2.75, 3.05) is 6.61 Å².